The number of benzene rings is 1. The molecule has 0 atom stereocenters. The number of aromatic nitrogens is 2. The number of nitriles is 1. The molecule has 0 aliphatic carbocycles. The molecule has 2 rings (SSSR count). The van der Waals surface area contributed by atoms with Crippen molar-refractivity contribution in [3.05, 3.63) is 33.9 Å². The van der Waals surface area contributed by atoms with E-state index in [1.54, 1.807) is 12.1 Å². The summed E-state index contributed by atoms with van der Waals surface area (Å²) in [5.41, 5.74) is 0.880. The van der Waals surface area contributed by atoms with Crippen LogP contribution in [0.5, 0.6) is 11.5 Å². The number of anilines is 1. The molecule has 8 heteroatoms. The van der Waals surface area contributed by atoms with Gasteiger partial charge in [0.1, 0.15) is 5.82 Å². The van der Waals surface area contributed by atoms with Crippen LogP contribution >= 0.6 is 15.9 Å². The second-order valence-corrected chi connectivity index (χ2v) is 9.77. The molecule has 0 fully saturated rings. The zero-order valence-corrected chi connectivity index (χ0v) is 20.2. The Morgan fingerprint density at radius 2 is 1.87 bits per heavy atom. The molecule has 162 valence electrons. The van der Waals surface area contributed by atoms with E-state index in [-0.39, 0.29) is 23.5 Å². The third kappa shape index (κ3) is 5.76. The Kier molecular flexibility index (Phi) is 7.19. The Labute approximate surface area is 186 Å². The van der Waals surface area contributed by atoms with Crippen molar-refractivity contribution in [2.24, 2.45) is 0 Å². The minimum Gasteiger partial charge on any atom is -0.490 e. The van der Waals surface area contributed by atoms with Gasteiger partial charge in [-0.3, -0.25) is 4.79 Å². The summed E-state index contributed by atoms with van der Waals surface area (Å²) < 4.78 is 13.7. The summed E-state index contributed by atoms with van der Waals surface area (Å²) in [6, 6.07) is 7.18. The molecule has 30 heavy (non-hydrogen) atoms. The predicted molar refractivity (Wildman–Crippen MR) is 120 cm³/mol. The molecule has 0 aliphatic rings. The van der Waals surface area contributed by atoms with Crippen molar-refractivity contribution >= 4 is 27.7 Å². The van der Waals surface area contributed by atoms with Crippen LogP contribution in [0.25, 0.3) is 0 Å². The summed E-state index contributed by atoms with van der Waals surface area (Å²) in [6.07, 6.45) is 0. The van der Waals surface area contributed by atoms with Gasteiger partial charge in [-0.1, -0.05) is 20.8 Å². The van der Waals surface area contributed by atoms with Crippen molar-refractivity contribution in [1.29, 1.82) is 5.26 Å². The van der Waals surface area contributed by atoms with Gasteiger partial charge in [-0.25, -0.2) is 4.68 Å². The van der Waals surface area contributed by atoms with E-state index in [9.17, 15) is 4.79 Å². The van der Waals surface area contributed by atoms with Crippen molar-refractivity contribution < 1.29 is 14.3 Å². The molecule has 1 N–H and O–H groups in total. The van der Waals surface area contributed by atoms with Gasteiger partial charge in [0, 0.05) is 17.5 Å². The van der Waals surface area contributed by atoms with E-state index in [4.69, 9.17) is 19.8 Å². The van der Waals surface area contributed by atoms with Crippen molar-refractivity contribution in [3.63, 3.8) is 0 Å². The number of hydrogen-bond donors (Lipinski definition) is 1. The number of nitrogens with zero attached hydrogens (tertiary/aromatic N) is 3. The van der Waals surface area contributed by atoms with Gasteiger partial charge < -0.3 is 14.8 Å². The van der Waals surface area contributed by atoms with E-state index < -0.39 is 0 Å². The first-order valence-corrected chi connectivity index (χ1v) is 10.6. The van der Waals surface area contributed by atoms with Crippen LogP contribution in [0.3, 0.4) is 0 Å². The summed E-state index contributed by atoms with van der Waals surface area (Å²) in [5, 5.41) is 16.7. The monoisotopic (exact) mass is 476 g/mol. The van der Waals surface area contributed by atoms with Crippen LogP contribution in [0.4, 0.5) is 5.82 Å². The molecule has 0 unspecified atom stereocenters. The van der Waals surface area contributed by atoms with Crippen LogP contribution in [0.2, 0.25) is 0 Å². The van der Waals surface area contributed by atoms with E-state index in [1.165, 1.54) is 0 Å². The maximum absolute atomic E-state index is 12.6. The van der Waals surface area contributed by atoms with Gasteiger partial charge in [0.15, 0.2) is 18.1 Å². The molecule has 0 saturated heterocycles. The Bertz CT molecular complexity index is 962. The summed E-state index contributed by atoms with van der Waals surface area (Å²) in [6.45, 7) is 14.3. The first-order valence-electron chi connectivity index (χ1n) is 9.77. The van der Waals surface area contributed by atoms with Crippen LogP contribution in [0, 0.1) is 11.3 Å². The standard InChI is InChI=1S/C22H29BrN4O3/c1-8-29-16-10-14(12-24)9-15(23)20(16)30-13-19(28)25-18-11-17(21(2,3)4)26-27(18)22(5,6)7/h9-11H,8,13H2,1-7H3,(H,25,28). The largest absolute Gasteiger partial charge is 0.490 e. The lowest BCUT2D eigenvalue weighted by Crippen LogP contribution is -2.29. The van der Waals surface area contributed by atoms with Gasteiger partial charge in [0.05, 0.1) is 33.9 Å². The number of nitrogens with one attached hydrogen (secondary N) is 1. The average Bonchev–Trinajstić information content (AvgIpc) is 3.05. The van der Waals surface area contributed by atoms with Crippen LogP contribution in [0.1, 0.15) is 59.7 Å². The zero-order valence-electron chi connectivity index (χ0n) is 18.6. The molecule has 0 radical (unpaired) electrons. The Hall–Kier alpha value is -2.53. The van der Waals surface area contributed by atoms with Gasteiger partial charge in [0.25, 0.3) is 5.91 Å². The quantitative estimate of drug-likeness (QED) is 0.634. The van der Waals surface area contributed by atoms with Crippen molar-refractivity contribution in [2.45, 2.75) is 59.4 Å². The lowest BCUT2D eigenvalue weighted by Gasteiger charge is -2.23. The molecular formula is C22H29BrN4O3. The molecule has 2 aromatic rings. The maximum Gasteiger partial charge on any atom is 0.263 e. The number of carbonyl (C=O) groups is 1. The topological polar surface area (TPSA) is 89.2 Å². The minimum absolute atomic E-state index is 0.147. The predicted octanol–water partition coefficient (Wildman–Crippen LogP) is 4.99. The highest BCUT2D eigenvalue weighted by Gasteiger charge is 2.26. The Balaban J connectivity index is 2.22. The van der Waals surface area contributed by atoms with Gasteiger partial charge >= 0.3 is 0 Å². The fourth-order valence-electron chi connectivity index (χ4n) is 2.70. The van der Waals surface area contributed by atoms with Gasteiger partial charge in [-0.05, 0) is 49.7 Å². The highest BCUT2D eigenvalue weighted by atomic mass is 79.9. The molecule has 0 aliphatic heterocycles. The third-order valence-electron chi connectivity index (χ3n) is 4.17. The Morgan fingerprint density at radius 1 is 1.20 bits per heavy atom. The SMILES string of the molecule is CCOc1cc(C#N)cc(Br)c1OCC(=O)Nc1cc(C(C)(C)C)nn1C(C)(C)C. The van der Waals surface area contributed by atoms with E-state index in [1.807, 2.05) is 38.4 Å². The van der Waals surface area contributed by atoms with Gasteiger partial charge in [-0.2, -0.15) is 10.4 Å². The molecule has 7 nitrogen and oxygen atoms in total. The summed E-state index contributed by atoms with van der Waals surface area (Å²) >= 11 is 3.39. The highest BCUT2D eigenvalue weighted by Crippen LogP contribution is 2.37. The summed E-state index contributed by atoms with van der Waals surface area (Å²) in [4.78, 5) is 12.6. The van der Waals surface area contributed by atoms with Crippen molar-refractivity contribution in [3.8, 4) is 17.6 Å². The van der Waals surface area contributed by atoms with E-state index in [0.29, 0.717) is 34.0 Å². The van der Waals surface area contributed by atoms with E-state index in [2.05, 4.69) is 48.1 Å². The molecule has 1 aromatic carbocycles. The van der Waals surface area contributed by atoms with Crippen LogP contribution in [-0.4, -0.2) is 28.9 Å². The molecule has 0 saturated carbocycles. The van der Waals surface area contributed by atoms with E-state index >= 15 is 0 Å². The Morgan fingerprint density at radius 3 is 2.40 bits per heavy atom. The number of hydrogen-bond acceptors (Lipinski definition) is 5. The minimum atomic E-state index is -0.320. The average molecular weight is 477 g/mol. The first-order chi connectivity index (χ1) is 13.9. The van der Waals surface area contributed by atoms with Crippen LogP contribution < -0.4 is 14.8 Å². The normalized spacial score (nSPS) is 11.7. The van der Waals surface area contributed by atoms with Crippen molar-refractivity contribution in [1.82, 2.24) is 9.78 Å². The summed E-state index contributed by atoms with van der Waals surface area (Å²) in [7, 11) is 0. The lowest BCUT2D eigenvalue weighted by atomic mass is 9.92. The van der Waals surface area contributed by atoms with Crippen LogP contribution in [0.15, 0.2) is 22.7 Å². The number of carbonyl (C=O) groups excluding carboxylic acids is 1. The molecule has 1 aromatic heterocycles. The van der Waals surface area contributed by atoms with Crippen molar-refractivity contribution in [2.75, 3.05) is 18.5 Å². The molecule has 1 heterocycles. The van der Waals surface area contributed by atoms with E-state index in [0.717, 1.165) is 5.69 Å². The van der Waals surface area contributed by atoms with Gasteiger partial charge in [0.2, 0.25) is 0 Å². The first kappa shape index (κ1) is 23.7. The molecule has 0 bridgehead atoms. The fourth-order valence-corrected chi connectivity index (χ4v) is 3.26. The second-order valence-electron chi connectivity index (χ2n) is 8.91. The fraction of sp³-hybridized carbons (Fsp3) is 0.500. The third-order valence-corrected chi connectivity index (χ3v) is 4.76. The molecule has 1 amide bonds. The second kappa shape index (κ2) is 9.09. The zero-order chi connectivity index (χ0) is 22.7. The number of amides is 1. The molecular weight excluding hydrogens is 448 g/mol. The smallest absolute Gasteiger partial charge is 0.263 e. The number of halogens is 1. The molecule has 0 spiro atoms. The number of ether oxygens (including phenoxy) is 2. The highest BCUT2D eigenvalue weighted by molar-refractivity contribution is 9.10. The lowest BCUT2D eigenvalue weighted by molar-refractivity contribution is -0.118. The maximum atomic E-state index is 12.6. The number of rotatable bonds is 6. The summed E-state index contributed by atoms with van der Waals surface area (Å²) in [5.74, 6) is 1.08. The van der Waals surface area contributed by atoms with Gasteiger partial charge in [-0.15, -0.1) is 0 Å². The van der Waals surface area contributed by atoms with Crippen LogP contribution in [-0.2, 0) is 15.7 Å².